The third kappa shape index (κ3) is 5.09. The third-order valence-electron chi connectivity index (χ3n) is 3.68. The van der Waals surface area contributed by atoms with Crippen molar-refractivity contribution in [2.45, 2.75) is 34.1 Å². The van der Waals surface area contributed by atoms with Crippen LogP contribution >= 0.6 is 0 Å². The standard InChI is InChI=1S/C19H25N3O/c1-13(2)9-10-20-19(23)17-8-7-16(12-21-17)22-18-11-14(3)5-6-15(18)4/h5-8,11-13,22H,9-10H2,1-4H3,(H,20,23). The zero-order chi connectivity index (χ0) is 16.8. The third-order valence-corrected chi connectivity index (χ3v) is 3.68. The summed E-state index contributed by atoms with van der Waals surface area (Å²) < 4.78 is 0. The van der Waals surface area contributed by atoms with E-state index >= 15 is 0 Å². The second kappa shape index (κ2) is 7.77. The highest BCUT2D eigenvalue weighted by molar-refractivity contribution is 5.92. The Kier molecular flexibility index (Phi) is 5.74. The summed E-state index contributed by atoms with van der Waals surface area (Å²) in [6.07, 6.45) is 2.66. The van der Waals surface area contributed by atoms with Crippen molar-refractivity contribution in [3.05, 3.63) is 53.3 Å². The van der Waals surface area contributed by atoms with E-state index in [0.29, 0.717) is 18.2 Å². The van der Waals surface area contributed by atoms with Gasteiger partial charge >= 0.3 is 0 Å². The molecule has 4 heteroatoms. The predicted molar refractivity (Wildman–Crippen MR) is 95.2 cm³/mol. The zero-order valence-electron chi connectivity index (χ0n) is 14.3. The van der Waals surface area contributed by atoms with E-state index in [4.69, 9.17) is 0 Å². The van der Waals surface area contributed by atoms with Gasteiger partial charge in [-0.1, -0.05) is 26.0 Å². The van der Waals surface area contributed by atoms with Crippen LogP contribution in [-0.4, -0.2) is 17.4 Å². The Hall–Kier alpha value is -2.36. The number of hydrogen-bond acceptors (Lipinski definition) is 3. The van der Waals surface area contributed by atoms with Gasteiger partial charge in [0, 0.05) is 12.2 Å². The molecule has 0 spiro atoms. The van der Waals surface area contributed by atoms with Crippen molar-refractivity contribution in [2.75, 3.05) is 11.9 Å². The Balaban J connectivity index is 1.99. The molecule has 2 rings (SSSR count). The molecule has 1 amide bonds. The van der Waals surface area contributed by atoms with Crippen LogP contribution in [0.1, 0.15) is 41.9 Å². The minimum atomic E-state index is -0.121. The first-order chi connectivity index (χ1) is 11.0. The minimum Gasteiger partial charge on any atom is -0.354 e. The average molecular weight is 311 g/mol. The lowest BCUT2D eigenvalue weighted by Crippen LogP contribution is -2.26. The van der Waals surface area contributed by atoms with Crippen molar-refractivity contribution in [3.8, 4) is 0 Å². The lowest BCUT2D eigenvalue weighted by molar-refractivity contribution is 0.0947. The summed E-state index contributed by atoms with van der Waals surface area (Å²) in [5.41, 5.74) is 4.75. The Labute approximate surface area is 138 Å². The molecule has 1 heterocycles. The number of nitrogens with one attached hydrogen (secondary N) is 2. The summed E-state index contributed by atoms with van der Waals surface area (Å²) >= 11 is 0. The van der Waals surface area contributed by atoms with Crippen molar-refractivity contribution in [3.63, 3.8) is 0 Å². The SMILES string of the molecule is Cc1ccc(C)c(Nc2ccc(C(=O)NCCC(C)C)nc2)c1. The van der Waals surface area contributed by atoms with Crippen LogP contribution in [0.4, 0.5) is 11.4 Å². The van der Waals surface area contributed by atoms with Crippen molar-refractivity contribution < 1.29 is 4.79 Å². The van der Waals surface area contributed by atoms with Gasteiger partial charge in [-0.25, -0.2) is 4.98 Å². The van der Waals surface area contributed by atoms with Crippen molar-refractivity contribution in [2.24, 2.45) is 5.92 Å². The number of amides is 1. The normalized spacial score (nSPS) is 10.7. The van der Waals surface area contributed by atoms with Gasteiger partial charge in [-0.3, -0.25) is 4.79 Å². The van der Waals surface area contributed by atoms with Crippen LogP contribution < -0.4 is 10.6 Å². The van der Waals surface area contributed by atoms with E-state index < -0.39 is 0 Å². The molecule has 4 nitrogen and oxygen atoms in total. The lowest BCUT2D eigenvalue weighted by atomic mass is 10.1. The molecule has 122 valence electrons. The number of benzene rings is 1. The maximum atomic E-state index is 12.0. The Morgan fingerprint density at radius 3 is 2.61 bits per heavy atom. The van der Waals surface area contributed by atoms with E-state index in [9.17, 15) is 4.79 Å². The molecule has 0 fully saturated rings. The van der Waals surface area contributed by atoms with Crippen LogP contribution in [0.25, 0.3) is 0 Å². The molecule has 2 N–H and O–H groups in total. The van der Waals surface area contributed by atoms with Gasteiger partial charge in [-0.05, 0) is 55.5 Å². The van der Waals surface area contributed by atoms with Gasteiger partial charge in [-0.15, -0.1) is 0 Å². The van der Waals surface area contributed by atoms with Gasteiger partial charge in [0.05, 0.1) is 11.9 Å². The fraction of sp³-hybridized carbons (Fsp3) is 0.368. The van der Waals surface area contributed by atoms with Gasteiger partial charge in [0.2, 0.25) is 0 Å². The summed E-state index contributed by atoms with van der Waals surface area (Å²) in [6, 6.07) is 9.90. The van der Waals surface area contributed by atoms with Crippen molar-refractivity contribution >= 4 is 17.3 Å². The molecule has 0 aliphatic rings. The molecule has 0 aliphatic carbocycles. The van der Waals surface area contributed by atoms with Crippen LogP contribution in [0.2, 0.25) is 0 Å². The monoisotopic (exact) mass is 311 g/mol. The number of hydrogen-bond donors (Lipinski definition) is 2. The molecule has 0 radical (unpaired) electrons. The maximum Gasteiger partial charge on any atom is 0.269 e. The number of aryl methyl sites for hydroxylation is 2. The summed E-state index contributed by atoms with van der Waals surface area (Å²) in [5.74, 6) is 0.455. The maximum absolute atomic E-state index is 12.0. The zero-order valence-corrected chi connectivity index (χ0v) is 14.3. The molecule has 23 heavy (non-hydrogen) atoms. The first-order valence-corrected chi connectivity index (χ1v) is 8.04. The first-order valence-electron chi connectivity index (χ1n) is 8.04. The smallest absolute Gasteiger partial charge is 0.269 e. The topological polar surface area (TPSA) is 54.0 Å². The predicted octanol–water partition coefficient (Wildman–Crippen LogP) is 4.22. The second-order valence-electron chi connectivity index (χ2n) is 6.31. The van der Waals surface area contributed by atoms with Crippen molar-refractivity contribution in [1.82, 2.24) is 10.3 Å². The van der Waals surface area contributed by atoms with E-state index in [1.54, 1.807) is 12.3 Å². The largest absolute Gasteiger partial charge is 0.354 e. The Morgan fingerprint density at radius 2 is 1.96 bits per heavy atom. The lowest BCUT2D eigenvalue weighted by Gasteiger charge is -2.11. The summed E-state index contributed by atoms with van der Waals surface area (Å²) in [5, 5.41) is 6.24. The fourth-order valence-corrected chi connectivity index (χ4v) is 2.19. The van der Waals surface area contributed by atoms with Crippen LogP contribution in [0.3, 0.4) is 0 Å². The molecule has 0 saturated carbocycles. The summed E-state index contributed by atoms with van der Waals surface area (Å²) in [6.45, 7) is 9.08. The number of pyridine rings is 1. The molecule has 0 unspecified atom stereocenters. The molecular formula is C19H25N3O. The Bertz CT molecular complexity index is 663. The highest BCUT2D eigenvalue weighted by atomic mass is 16.1. The number of carbonyl (C=O) groups is 1. The van der Waals surface area contributed by atoms with E-state index in [0.717, 1.165) is 17.8 Å². The number of nitrogens with zero attached hydrogens (tertiary/aromatic N) is 1. The molecule has 0 bridgehead atoms. The van der Waals surface area contributed by atoms with Crippen LogP contribution in [0, 0.1) is 19.8 Å². The number of aromatic nitrogens is 1. The average Bonchev–Trinajstić information content (AvgIpc) is 2.51. The number of anilines is 2. The first kappa shape index (κ1) is 17.0. The van der Waals surface area contributed by atoms with Crippen LogP contribution in [0.15, 0.2) is 36.5 Å². The van der Waals surface area contributed by atoms with Gasteiger partial charge in [0.1, 0.15) is 5.69 Å². The minimum absolute atomic E-state index is 0.121. The number of rotatable bonds is 6. The molecule has 1 aromatic heterocycles. The van der Waals surface area contributed by atoms with E-state index in [2.05, 4.69) is 61.5 Å². The highest BCUT2D eigenvalue weighted by Crippen LogP contribution is 2.21. The molecule has 2 aromatic rings. The molecule has 0 atom stereocenters. The van der Waals surface area contributed by atoms with Gasteiger partial charge in [-0.2, -0.15) is 0 Å². The van der Waals surface area contributed by atoms with E-state index in [1.807, 2.05) is 6.07 Å². The molecule has 0 saturated heterocycles. The van der Waals surface area contributed by atoms with Crippen molar-refractivity contribution in [1.29, 1.82) is 0 Å². The van der Waals surface area contributed by atoms with Gasteiger partial charge in [0.15, 0.2) is 0 Å². The highest BCUT2D eigenvalue weighted by Gasteiger charge is 2.07. The van der Waals surface area contributed by atoms with Crippen LogP contribution in [0.5, 0.6) is 0 Å². The van der Waals surface area contributed by atoms with Gasteiger partial charge in [0.25, 0.3) is 5.91 Å². The quantitative estimate of drug-likeness (QED) is 0.840. The summed E-state index contributed by atoms with van der Waals surface area (Å²) in [4.78, 5) is 16.3. The Morgan fingerprint density at radius 1 is 1.17 bits per heavy atom. The molecular weight excluding hydrogens is 286 g/mol. The molecule has 1 aromatic carbocycles. The van der Waals surface area contributed by atoms with Crippen LogP contribution in [-0.2, 0) is 0 Å². The van der Waals surface area contributed by atoms with Gasteiger partial charge < -0.3 is 10.6 Å². The fourth-order valence-electron chi connectivity index (χ4n) is 2.19. The summed E-state index contributed by atoms with van der Waals surface area (Å²) in [7, 11) is 0. The molecule has 0 aliphatic heterocycles. The second-order valence-corrected chi connectivity index (χ2v) is 6.31. The number of carbonyl (C=O) groups excluding carboxylic acids is 1. The van der Waals surface area contributed by atoms with E-state index in [1.165, 1.54) is 11.1 Å². The van der Waals surface area contributed by atoms with E-state index in [-0.39, 0.29) is 5.91 Å².